The second kappa shape index (κ2) is 50.5. The molecule has 62 heavy (non-hydrogen) atoms. The Kier molecular flexibility index (Phi) is 47.9. The largest absolute Gasteiger partial charge is 0.462 e. The quantitative estimate of drug-likeness (QED) is 0.0199. The van der Waals surface area contributed by atoms with E-state index in [9.17, 15) is 14.4 Å². The Hall–Kier alpha value is -3.15. The molecule has 0 aliphatic carbocycles. The Morgan fingerprint density at radius 3 is 1.10 bits per heavy atom. The topological polar surface area (TPSA) is 78.9 Å². The summed E-state index contributed by atoms with van der Waals surface area (Å²) in [6.07, 6.45) is 63.2. The molecule has 0 amide bonds. The van der Waals surface area contributed by atoms with Crippen molar-refractivity contribution >= 4 is 17.9 Å². The molecule has 0 spiro atoms. The first-order valence-corrected chi connectivity index (χ1v) is 26.0. The smallest absolute Gasteiger partial charge is 0.306 e. The lowest BCUT2D eigenvalue weighted by molar-refractivity contribution is -0.167. The molecule has 0 saturated carbocycles. The van der Waals surface area contributed by atoms with Crippen LogP contribution >= 0.6 is 0 Å². The number of carbonyl (C=O) groups is 3. The number of ether oxygens (including phenoxy) is 3. The van der Waals surface area contributed by atoms with E-state index in [1.54, 1.807) is 0 Å². The fourth-order valence-corrected chi connectivity index (χ4v) is 7.06. The molecule has 0 fully saturated rings. The summed E-state index contributed by atoms with van der Waals surface area (Å²) in [7, 11) is 0. The molecule has 0 bridgehead atoms. The van der Waals surface area contributed by atoms with E-state index < -0.39 is 6.10 Å². The lowest BCUT2D eigenvalue weighted by atomic mass is 10.1. The first-order chi connectivity index (χ1) is 30.5. The van der Waals surface area contributed by atoms with E-state index in [0.717, 1.165) is 89.9 Å². The van der Waals surface area contributed by atoms with Crippen molar-refractivity contribution in [3.8, 4) is 0 Å². The number of carbonyl (C=O) groups excluding carboxylic acids is 3. The normalized spacial score (nSPS) is 12.6. The van der Waals surface area contributed by atoms with Gasteiger partial charge in [0.25, 0.3) is 0 Å². The molecular formula is C56H96O6. The molecule has 0 heterocycles. The molecule has 0 aromatic carbocycles. The summed E-state index contributed by atoms with van der Waals surface area (Å²) in [6, 6.07) is 0. The Morgan fingerprint density at radius 2 is 0.661 bits per heavy atom. The second-order valence-corrected chi connectivity index (χ2v) is 17.1. The van der Waals surface area contributed by atoms with Crippen LogP contribution in [0.25, 0.3) is 0 Å². The van der Waals surface area contributed by atoms with Crippen molar-refractivity contribution in [3.05, 3.63) is 72.9 Å². The minimum absolute atomic E-state index is 0.0934. The summed E-state index contributed by atoms with van der Waals surface area (Å²) < 4.78 is 16.7. The molecule has 0 rings (SSSR count). The molecular weight excluding hydrogens is 769 g/mol. The molecule has 0 aliphatic rings. The van der Waals surface area contributed by atoms with Crippen LogP contribution in [0.3, 0.4) is 0 Å². The zero-order valence-corrected chi connectivity index (χ0v) is 40.6. The number of hydrogen-bond donors (Lipinski definition) is 0. The fourth-order valence-electron chi connectivity index (χ4n) is 7.06. The van der Waals surface area contributed by atoms with Crippen LogP contribution in [0.2, 0.25) is 0 Å². The van der Waals surface area contributed by atoms with Gasteiger partial charge in [-0.25, -0.2) is 0 Å². The van der Waals surface area contributed by atoms with Crippen LogP contribution in [-0.4, -0.2) is 37.2 Å². The molecule has 0 aliphatic heterocycles. The van der Waals surface area contributed by atoms with Crippen LogP contribution in [-0.2, 0) is 28.6 Å². The van der Waals surface area contributed by atoms with Crippen LogP contribution in [0.4, 0.5) is 0 Å². The predicted octanol–water partition coefficient (Wildman–Crippen LogP) is 17.0. The van der Waals surface area contributed by atoms with Crippen molar-refractivity contribution in [2.45, 2.75) is 252 Å². The van der Waals surface area contributed by atoms with Crippen molar-refractivity contribution in [3.63, 3.8) is 0 Å². The monoisotopic (exact) mass is 865 g/mol. The van der Waals surface area contributed by atoms with Gasteiger partial charge in [-0.3, -0.25) is 14.4 Å². The van der Waals surface area contributed by atoms with Crippen molar-refractivity contribution in [1.82, 2.24) is 0 Å². The number of unbranched alkanes of at least 4 members (excludes halogenated alkanes) is 26. The van der Waals surface area contributed by atoms with E-state index >= 15 is 0 Å². The average Bonchev–Trinajstić information content (AvgIpc) is 3.27. The molecule has 0 saturated heterocycles. The summed E-state index contributed by atoms with van der Waals surface area (Å²) in [5, 5.41) is 0. The fraction of sp³-hybridized carbons (Fsp3) is 0.732. The maximum absolute atomic E-state index is 12.8. The van der Waals surface area contributed by atoms with Gasteiger partial charge in [-0.15, -0.1) is 0 Å². The Balaban J connectivity index is 4.40. The van der Waals surface area contributed by atoms with Crippen molar-refractivity contribution in [2.75, 3.05) is 13.2 Å². The van der Waals surface area contributed by atoms with E-state index in [2.05, 4.69) is 93.7 Å². The number of allylic oxidation sites excluding steroid dienone is 12. The van der Waals surface area contributed by atoms with E-state index in [0.29, 0.717) is 19.3 Å². The number of hydrogen-bond acceptors (Lipinski definition) is 6. The minimum Gasteiger partial charge on any atom is -0.462 e. The highest BCUT2D eigenvalue weighted by Crippen LogP contribution is 2.14. The zero-order valence-electron chi connectivity index (χ0n) is 40.6. The van der Waals surface area contributed by atoms with E-state index in [1.165, 1.54) is 116 Å². The Labute approximate surface area is 382 Å². The molecule has 6 nitrogen and oxygen atoms in total. The van der Waals surface area contributed by atoms with Crippen LogP contribution in [0.1, 0.15) is 245 Å². The van der Waals surface area contributed by atoms with Gasteiger partial charge >= 0.3 is 17.9 Å². The molecule has 356 valence electrons. The van der Waals surface area contributed by atoms with Crippen LogP contribution in [0, 0.1) is 0 Å². The van der Waals surface area contributed by atoms with Gasteiger partial charge in [0.2, 0.25) is 0 Å². The average molecular weight is 865 g/mol. The molecule has 0 aromatic rings. The van der Waals surface area contributed by atoms with Crippen LogP contribution < -0.4 is 0 Å². The van der Waals surface area contributed by atoms with Gasteiger partial charge in [-0.05, 0) is 83.5 Å². The first kappa shape index (κ1) is 58.9. The van der Waals surface area contributed by atoms with Gasteiger partial charge in [0, 0.05) is 19.3 Å². The van der Waals surface area contributed by atoms with Gasteiger partial charge in [0.05, 0.1) is 0 Å². The van der Waals surface area contributed by atoms with Crippen LogP contribution in [0.5, 0.6) is 0 Å². The Bertz CT molecular complexity index is 1180. The SMILES string of the molecule is CC\C=C/C=C\C=C/CCCCCCCCCC(=O)OC(COC(=O)CCCCC/C=C\C=C/CCCC)COC(=O)CCCCCCC/C=C\CCCCCCCCCCC. The lowest BCUT2D eigenvalue weighted by Crippen LogP contribution is -2.30. The summed E-state index contributed by atoms with van der Waals surface area (Å²) in [5.41, 5.74) is 0. The molecule has 1 atom stereocenters. The molecule has 6 heteroatoms. The third-order valence-electron chi connectivity index (χ3n) is 11.0. The van der Waals surface area contributed by atoms with E-state index in [4.69, 9.17) is 14.2 Å². The molecule has 1 unspecified atom stereocenters. The van der Waals surface area contributed by atoms with Gasteiger partial charge < -0.3 is 14.2 Å². The lowest BCUT2D eigenvalue weighted by Gasteiger charge is -2.18. The summed E-state index contributed by atoms with van der Waals surface area (Å²) >= 11 is 0. The Morgan fingerprint density at radius 1 is 0.339 bits per heavy atom. The van der Waals surface area contributed by atoms with Gasteiger partial charge in [-0.2, -0.15) is 0 Å². The van der Waals surface area contributed by atoms with Gasteiger partial charge in [0.1, 0.15) is 13.2 Å². The van der Waals surface area contributed by atoms with E-state index in [-0.39, 0.29) is 31.1 Å². The summed E-state index contributed by atoms with van der Waals surface area (Å²) in [5.74, 6) is -0.941. The van der Waals surface area contributed by atoms with Gasteiger partial charge in [0.15, 0.2) is 6.10 Å². The molecule has 0 radical (unpaired) electrons. The van der Waals surface area contributed by atoms with Gasteiger partial charge in [-0.1, -0.05) is 216 Å². The minimum atomic E-state index is -0.795. The van der Waals surface area contributed by atoms with Crippen LogP contribution in [0.15, 0.2) is 72.9 Å². The number of esters is 3. The summed E-state index contributed by atoms with van der Waals surface area (Å²) in [6.45, 7) is 6.42. The maximum atomic E-state index is 12.8. The maximum Gasteiger partial charge on any atom is 0.306 e. The number of rotatable bonds is 46. The first-order valence-electron chi connectivity index (χ1n) is 26.0. The highest BCUT2D eigenvalue weighted by molar-refractivity contribution is 5.71. The zero-order chi connectivity index (χ0) is 45.1. The third kappa shape index (κ3) is 47.9. The second-order valence-electron chi connectivity index (χ2n) is 17.1. The molecule has 0 N–H and O–H groups in total. The molecule has 0 aromatic heterocycles. The summed E-state index contributed by atoms with van der Waals surface area (Å²) in [4.78, 5) is 37.9. The van der Waals surface area contributed by atoms with E-state index in [1.807, 2.05) is 0 Å². The highest BCUT2D eigenvalue weighted by atomic mass is 16.6. The third-order valence-corrected chi connectivity index (χ3v) is 11.0. The predicted molar refractivity (Wildman–Crippen MR) is 265 cm³/mol. The van der Waals surface area contributed by atoms with Crippen molar-refractivity contribution in [1.29, 1.82) is 0 Å². The van der Waals surface area contributed by atoms with Crippen molar-refractivity contribution < 1.29 is 28.6 Å². The highest BCUT2D eigenvalue weighted by Gasteiger charge is 2.19. The standard InChI is InChI=1S/C56H96O6/c1-4-7-10-13-16-19-22-24-26-27-28-30-31-34-37-40-43-46-49-55(58)61-52-53(51-60-54(57)48-45-42-39-36-33-21-18-15-12-9-6-3)62-56(59)50-47-44-41-38-35-32-29-25-23-20-17-14-11-8-5-2/h8,11,14-15,17-18,20-21,23,28,30,33,53H,4-7,9-10,12-13,16,19,22,24-27,29,31-32,34-52H2,1-3H3/b11-8-,17-14-,18-15-,23-20-,30-28-,33-21-. The van der Waals surface area contributed by atoms with Crippen molar-refractivity contribution in [2.24, 2.45) is 0 Å².